The molecule has 0 saturated carbocycles. The molecule has 0 aliphatic carbocycles. The fourth-order valence-electron chi connectivity index (χ4n) is 6.85. The lowest BCUT2D eigenvalue weighted by Gasteiger charge is -2.39. The van der Waals surface area contributed by atoms with Crippen LogP contribution in [0.4, 0.5) is 0 Å². The molecule has 47 heavy (non-hydrogen) atoms. The number of benzene rings is 2. The number of fused-ring (bicyclic) bond motifs is 1. The lowest BCUT2D eigenvalue weighted by molar-refractivity contribution is -0.277. The van der Waals surface area contributed by atoms with Crippen molar-refractivity contribution in [2.75, 3.05) is 32.8 Å². The second kappa shape index (κ2) is 14.1. The van der Waals surface area contributed by atoms with Gasteiger partial charge >= 0.3 is 0 Å². The van der Waals surface area contributed by atoms with Crippen molar-refractivity contribution >= 4 is 11.0 Å². The van der Waals surface area contributed by atoms with E-state index in [4.69, 9.17) is 13.9 Å². The van der Waals surface area contributed by atoms with Crippen molar-refractivity contribution in [2.24, 2.45) is 11.8 Å². The molecule has 1 aromatic heterocycles. The molecule has 3 aliphatic heterocycles. The number of aromatic hydroxyl groups is 2. The minimum atomic E-state index is -1.58. The van der Waals surface area contributed by atoms with Gasteiger partial charge in [0.05, 0.1) is 23.3 Å². The second-order valence-corrected chi connectivity index (χ2v) is 13.6. The molecule has 0 amide bonds. The summed E-state index contributed by atoms with van der Waals surface area (Å²) in [6, 6.07) is 6.31. The van der Waals surface area contributed by atoms with Gasteiger partial charge < -0.3 is 44.5 Å². The molecule has 3 saturated heterocycles. The van der Waals surface area contributed by atoms with Gasteiger partial charge in [-0.2, -0.15) is 0 Å². The van der Waals surface area contributed by atoms with Crippen LogP contribution in [-0.2, 0) is 17.8 Å². The molecule has 6 rings (SSSR count). The number of piperidine rings is 2. The van der Waals surface area contributed by atoms with Gasteiger partial charge in [-0.05, 0) is 81.4 Å². The largest absolute Gasteiger partial charge is 0.507 e. The quantitative estimate of drug-likeness (QED) is 0.210. The van der Waals surface area contributed by atoms with Crippen LogP contribution < -0.4 is 10.2 Å². The van der Waals surface area contributed by atoms with E-state index >= 15 is 0 Å². The molecule has 4 heterocycles. The van der Waals surface area contributed by atoms with Gasteiger partial charge in [-0.15, -0.1) is 0 Å². The summed E-state index contributed by atoms with van der Waals surface area (Å²) in [5.41, 5.74) is 1.25. The first kappa shape index (κ1) is 33.7. The number of ether oxygens (including phenoxy) is 2. The highest BCUT2D eigenvalue weighted by Gasteiger charge is 2.44. The zero-order valence-corrected chi connectivity index (χ0v) is 26.9. The summed E-state index contributed by atoms with van der Waals surface area (Å²) in [4.78, 5) is 18.6. The molecule has 0 bridgehead atoms. The smallest absolute Gasteiger partial charge is 0.229 e. The maximum absolute atomic E-state index is 14.1. The number of rotatable bonds is 8. The Hall–Kier alpha value is -3.23. The highest BCUT2D eigenvalue weighted by Crippen LogP contribution is 2.41. The Morgan fingerprint density at radius 3 is 1.96 bits per heavy atom. The molecule has 2 aromatic carbocycles. The van der Waals surface area contributed by atoms with Crippen LogP contribution in [0.2, 0.25) is 0 Å². The van der Waals surface area contributed by atoms with Crippen LogP contribution in [0.3, 0.4) is 0 Å². The summed E-state index contributed by atoms with van der Waals surface area (Å²) in [5, 5.41) is 63.1. The third-order valence-corrected chi connectivity index (χ3v) is 10.1. The van der Waals surface area contributed by atoms with E-state index in [-0.39, 0.29) is 33.8 Å². The van der Waals surface area contributed by atoms with Crippen molar-refractivity contribution < 1.29 is 44.5 Å². The maximum atomic E-state index is 14.1. The zero-order chi connectivity index (χ0) is 33.4. The van der Waals surface area contributed by atoms with Crippen LogP contribution in [0, 0.1) is 11.8 Å². The van der Waals surface area contributed by atoms with Gasteiger partial charge in [0.15, 0.2) is 0 Å². The molecule has 0 spiro atoms. The summed E-state index contributed by atoms with van der Waals surface area (Å²) < 4.78 is 17.2. The van der Waals surface area contributed by atoms with E-state index in [2.05, 4.69) is 23.6 Å². The lowest BCUT2D eigenvalue weighted by atomic mass is 9.95. The van der Waals surface area contributed by atoms with Crippen LogP contribution in [0.15, 0.2) is 39.7 Å². The molecule has 6 N–H and O–H groups in total. The van der Waals surface area contributed by atoms with E-state index in [1.165, 1.54) is 6.26 Å². The van der Waals surface area contributed by atoms with Crippen molar-refractivity contribution in [1.29, 1.82) is 0 Å². The third kappa shape index (κ3) is 6.86. The van der Waals surface area contributed by atoms with Crippen molar-refractivity contribution in [2.45, 2.75) is 83.3 Å². The number of phenolic OH excluding ortho intramolecular Hbond substituents is 2. The highest BCUT2D eigenvalue weighted by atomic mass is 16.7. The number of aliphatic hydroxyl groups excluding tert-OH is 4. The molecule has 12 heteroatoms. The van der Waals surface area contributed by atoms with Crippen molar-refractivity contribution in [3.05, 3.63) is 51.9 Å². The van der Waals surface area contributed by atoms with Gasteiger partial charge in [-0.25, -0.2) is 0 Å². The van der Waals surface area contributed by atoms with Crippen LogP contribution in [0.5, 0.6) is 17.2 Å². The van der Waals surface area contributed by atoms with Gasteiger partial charge in [-0.1, -0.05) is 26.0 Å². The predicted molar refractivity (Wildman–Crippen MR) is 173 cm³/mol. The van der Waals surface area contributed by atoms with Gasteiger partial charge in [0, 0.05) is 13.1 Å². The molecule has 3 fully saturated rings. The third-order valence-electron chi connectivity index (χ3n) is 10.1. The van der Waals surface area contributed by atoms with Gasteiger partial charge in [0.25, 0.3) is 0 Å². The molecule has 256 valence electrons. The number of aliphatic hydroxyl groups is 4. The molecular formula is C35H46N2O10. The number of phenols is 2. The lowest BCUT2D eigenvalue weighted by Crippen LogP contribution is -2.60. The SMILES string of the molecule is CC1CCN(Cc2c(O)c(CN3CCC(C)CC3)c3occ(-c4ccc(O[C@@H]5O[C@H](CO)[C@@H](O)[C@H](O)[C@H]5O)cc4)c(=O)c3c2O)CC1. The van der Waals surface area contributed by atoms with Crippen LogP contribution in [0.1, 0.15) is 50.7 Å². The molecule has 0 radical (unpaired) electrons. The summed E-state index contributed by atoms with van der Waals surface area (Å²) in [6.07, 6.45) is -1.64. The first-order chi connectivity index (χ1) is 22.5. The van der Waals surface area contributed by atoms with Crippen LogP contribution in [-0.4, -0.2) is 104 Å². The van der Waals surface area contributed by atoms with Crippen LogP contribution >= 0.6 is 0 Å². The van der Waals surface area contributed by atoms with Gasteiger partial charge in [0.2, 0.25) is 11.7 Å². The van der Waals surface area contributed by atoms with E-state index in [9.17, 15) is 35.4 Å². The van der Waals surface area contributed by atoms with Gasteiger partial charge in [-0.3, -0.25) is 14.6 Å². The van der Waals surface area contributed by atoms with Crippen molar-refractivity contribution in [3.63, 3.8) is 0 Å². The summed E-state index contributed by atoms with van der Waals surface area (Å²) >= 11 is 0. The van der Waals surface area contributed by atoms with E-state index in [1.54, 1.807) is 24.3 Å². The Balaban J connectivity index is 1.33. The number of hydrogen-bond donors (Lipinski definition) is 6. The number of likely N-dealkylation sites (tertiary alicyclic amines) is 2. The van der Waals surface area contributed by atoms with Crippen molar-refractivity contribution in [3.8, 4) is 28.4 Å². The fraction of sp³-hybridized carbons (Fsp3) is 0.571. The minimum Gasteiger partial charge on any atom is -0.507 e. The topological polar surface area (TPSA) is 177 Å². The number of nitrogens with zero attached hydrogens (tertiary/aromatic N) is 2. The Morgan fingerprint density at radius 2 is 1.38 bits per heavy atom. The Labute approximate surface area is 273 Å². The van der Waals surface area contributed by atoms with E-state index in [0.29, 0.717) is 41.6 Å². The van der Waals surface area contributed by atoms with Crippen LogP contribution in [0.25, 0.3) is 22.1 Å². The summed E-state index contributed by atoms with van der Waals surface area (Å²) in [6.45, 7) is 7.99. The monoisotopic (exact) mass is 654 g/mol. The fourth-order valence-corrected chi connectivity index (χ4v) is 6.85. The molecular weight excluding hydrogens is 608 g/mol. The first-order valence-electron chi connectivity index (χ1n) is 16.6. The van der Waals surface area contributed by atoms with E-state index in [0.717, 1.165) is 51.9 Å². The summed E-state index contributed by atoms with van der Waals surface area (Å²) in [5.74, 6) is 1.18. The van der Waals surface area contributed by atoms with E-state index < -0.39 is 42.7 Å². The second-order valence-electron chi connectivity index (χ2n) is 13.6. The minimum absolute atomic E-state index is 0.0298. The summed E-state index contributed by atoms with van der Waals surface area (Å²) in [7, 11) is 0. The average molecular weight is 655 g/mol. The normalized spacial score (nSPS) is 27.0. The van der Waals surface area contributed by atoms with Crippen molar-refractivity contribution in [1.82, 2.24) is 9.80 Å². The zero-order valence-electron chi connectivity index (χ0n) is 26.9. The van der Waals surface area contributed by atoms with Gasteiger partial charge in [0.1, 0.15) is 58.9 Å². The van der Waals surface area contributed by atoms with E-state index in [1.807, 2.05) is 0 Å². The molecule has 0 unspecified atom stereocenters. The molecule has 5 atom stereocenters. The molecule has 3 aliphatic rings. The number of hydrogen-bond acceptors (Lipinski definition) is 12. The molecule has 3 aromatic rings. The Bertz CT molecular complexity index is 1590. The predicted octanol–water partition coefficient (Wildman–Crippen LogP) is 2.51. The highest BCUT2D eigenvalue weighted by molar-refractivity contribution is 5.92. The maximum Gasteiger partial charge on any atom is 0.229 e. The Morgan fingerprint density at radius 1 is 0.809 bits per heavy atom. The standard InChI is InChI=1S/C35H46N2O10/c1-19-7-11-36(12-8-19)15-23-28(39)24(16-37-13-9-20(2)10-14-37)34-27(29(23)40)30(41)25(18-45-34)21-3-5-22(6-4-21)46-35-33(44)32(43)31(42)26(17-38)47-35/h3-6,18-20,26,31-33,35,38-40,42-44H,7-17H2,1-2H3/t26-,31-,32+,33-,35-/m1/s1. The first-order valence-corrected chi connectivity index (χ1v) is 16.6. The molecule has 12 nitrogen and oxygen atoms in total. The Kier molecular flexibility index (Phi) is 10.1. The average Bonchev–Trinajstić information content (AvgIpc) is 3.07.